The van der Waals surface area contributed by atoms with Crippen molar-refractivity contribution in [1.29, 1.82) is 0 Å². The minimum Gasteiger partial charge on any atom is -0.506 e. The fourth-order valence-electron chi connectivity index (χ4n) is 3.65. The Balaban J connectivity index is 1.91. The van der Waals surface area contributed by atoms with E-state index >= 15 is 0 Å². The maximum absolute atomic E-state index is 13.1. The molecule has 148 valence electrons. The second kappa shape index (κ2) is 8.53. The van der Waals surface area contributed by atoms with Crippen molar-refractivity contribution >= 4 is 39.3 Å². The SMILES string of the molecule is Cc1cc(C)cc(C(=O)N2CCN(C(=O)CBr)C(c3ccc(Cl)c(O)c3)C2)c1. The summed E-state index contributed by atoms with van der Waals surface area (Å²) in [4.78, 5) is 29.0. The number of benzene rings is 2. The number of carbonyl (C=O) groups excluding carboxylic acids is 2. The Morgan fingerprint density at radius 3 is 2.43 bits per heavy atom. The predicted molar refractivity (Wildman–Crippen MR) is 113 cm³/mol. The first-order valence-corrected chi connectivity index (χ1v) is 10.5. The Morgan fingerprint density at radius 2 is 1.82 bits per heavy atom. The van der Waals surface area contributed by atoms with Crippen molar-refractivity contribution in [2.24, 2.45) is 0 Å². The van der Waals surface area contributed by atoms with Crippen LogP contribution in [0, 0.1) is 13.8 Å². The van der Waals surface area contributed by atoms with E-state index in [1.54, 1.807) is 28.0 Å². The zero-order valence-corrected chi connectivity index (χ0v) is 18.1. The van der Waals surface area contributed by atoms with Crippen molar-refractivity contribution in [3.05, 3.63) is 63.7 Å². The number of rotatable bonds is 3. The molecule has 1 aliphatic heterocycles. The van der Waals surface area contributed by atoms with E-state index in [1.165, 1.54) is 0 Å². The van der Waals surface area contributed by atoms with Crippen molar-refractivity contribution in [3.8, 4) is 5.75 Å². The van der Waals surface area contributed by atoms with E-state index in [2.05, 4.69) is 15.9 Å². The summed E-state index contributed by atoms with van der Waals surface area (Å²) in [5, 5.41) is 10.5. The lowest BCUT2D eigenvalue weighted by molar-refractivity contribution is -0.132. The molecule has 2 aromatic rings. The van der Waals surface area contributed by atoms with Gasteiger partial charge in [0.2, 0.25) is 5.91 Å². The van der Waals surface area contributed by atoms with Crippen molar-refractivity contribution in [2.75, 3.05) is 25.0 Å². The monoisotopic (exact) mass is 464 g/mol. The maximum atomic E-state index is 13.1. The normalized spacial score (nSPS) is 16.9. The molecule has 1 heterocycles. The molecule has 28 heavy (non-hydrogen) atoms. The fraction of sp³-hybridized carbons (Fsp3) is 0.333. The topological polar surface area (TPSA) is 60.9 Å². The molecular weight excluding hydrogens is 444 g/mol. The van der Waals surface area contributed by atoms with Crippen LogP contribution in [0.25, 0.3) is 0 Å². The smallest absolute Gasteiger partial charge is 0.254 e. The average molecular weight is 466 g/mol. The number of aryl methyl sites for hydroxylation is 2. The molecule has 2 amide bonds. The van der Waals surface area contributed by atoms with Gasteiger partial charge in [0, 0.05) is 25.2 Å². The van der Waals surface area contributed by atoms with Gasteiger partial charge in [-0.1, -0.05) is 50.8 Å². The third kappa shape index (κ3) is 4.33. The van der Waals surface area contributed by atoms with Gasteiger partial charge in [0.15, 0.2) is 0 Å². The first-order chi connectivity index (χ1) is 13.3. The third-order valence-electron chi connectivity index (χ3n) is 4.93. The minimum atomic E-state index is -0.350. The molecule has 1 aliphatic rings. The van der Waals surface area contributed by atoms with Gasteiger partial charge in [-0.15, -0.1) is 0 Å². The van der Waals surface area contributed by atoms with Crippen LogP contribution in [0.1, 0.15) is 33.1 Å². The molecule has 7 heteroatoms. The van der Waals surface area contributed by atoms with Gasteiger partial charge < -0.3 is 14.9 Å². The van der Waals surface area contributed by atoms with Crippen molar-refractivity contribution in [1.82, 2.24) is 9.80 Å². The van der Waals surface area contributed by atoms with Gasteiger partial charge in [-0.2, -0.15) is 0 Å². The first-order valence-electron chi connectivity index (χ1n) is 9.01. The summed E-state index contributed by atoms with van der Waals surface area (Å²) in [6.07, 6.45) is 0. The van der Waals surface area contributed by atoms with E-state index in [0.717, 1.165) is 16.7 Å². The number of hydrogen-bond acceptors (Lipinski definition) is 3. The molecule has 1 saturated heterocycles. The molecule has 0 radical (unpaired) electrons. The van der Waals surface area contributed by atoms with E-state index in [1.807, 2.05) is 32.0 Å². The standard InChI is InChI=1S/C21H22BrClN2O3/c1-13-7-14(2)9-16(8-13)21(28)24-5-6-25(20(27)11-22)18(12-24)15-3-4-17(23)19(26)10-15/h3-4,7-10,18,26H,5-6,11-12H2,1-2H3. The Kier molecular flexibility index (Phi) is 6.30. The number of phenolic OH excluding ortho intramolecular Hbond substituents is 1. The number of piperazine rings is 1. The summed E-state index contributed by atoms with van der Waals surface area (Å²) < 4.78 is 0. The van der Waals surface area contributed by atoms with Crippen LogP contribution < -0.4 is 0 Å². The summed E-state index contributed by atoms with van der Waals surface area (Å²) in [7, 11) is 0. The number of aromatic hydroxyl groups is 1. The van der Waals surface area contributed by atoms with Crippen LogP contribution in [0.3, 0.4) is 0 Å². The zero-order chi connectivity index (χ0) is 20.4. The van der Waals surface area contributed by atoms with Crippen molar-refractivity contribution in [2.45, 2.75) is 19.9 Å². The van der Waals surface area contributed by atoms with E-state index in [-0.39, 0.29) is 34.0 Å². The third-order valence-corrected chi connectivity index (χ3v) is 5.73. The first kappa shape index (κ1) is 20.7. The average Bonchev–Trinajstić information content (AvgIpc) is 2.67. The Morgan fingerprint density at radius 1 is 1.14 bits per heavy atom. The molecule has 0 aromatic heterocycles. The van der Waals surface area contributed by atoms with Gasteiger partial charge in [-0.3, -0.25) is 9.59 Å². The second-order valence-corrected chi connectivity index (χ2v) is 8.04. The van der Waals surface area contributed by atoms with E-state index < -0.39 is 0 Å². The predicted octanol–water partition coefficient (Wildman–Crippen LogP) is 4.08. The lowest BCUT2D eigenvalue weighted by Crippen LogP contribution is -2.52. The number of carbonyl (C=O) groups is 2. The number of halogens is 2. The highest BCUT2D eigenvalue weighted by Gasteiger charge is 2.33. The number of hydrogen-bond donors (Lipinski definition) is 1. The summed E-state index contributed by atoms with van der Waals surface area (Å²) in [6.45, 7) is 5.17. The minimum absolute atomic E-state index is 0.0387. The molecule has 1 unspecified atom stereocenters. The Labute approximate surface area is 178 Å². The van der Waals surface area contributed by atoms with Gasteiger partial charge >= 0.3 is 0 Å². The summed E-state index contributed by atoms with van der Waals surface area (Å²) in [5.74, 6) is -0.151. The van der Waals surface area contributed by atoms with Crippen LogP contribution in [-0.2, 0) is 4.79 Å². The van der Waals surface area contributed by atoms with Crippen LogP contribution >= 0.6 is 27.5 Å². The molecule has 1 atom stereocenters. The van der Waals surface area contributed by atoms with Gasteiger partial charge in [0.05, 0.1) is 16.4 Å². The molecule has 0 spiro atoms. The van der Waals surface area contributed by atoms with Gasteiger partial charge in [-0.05, 0) is 43.7 Å². The van der Waals surface area contributed by atoms with Crippen LogP contribution in [0.2, 0.25) is 5.02 Å². The quantitative estimate of drug-likeness (QED) is 0.695. The van der Waals surface area contributed by atoms with E-state index in [4.69, 9.17) is 11.6 Å². The van der Waals surface area contributed by atoms with E-state index in [0.29, 0.717) is 25.2 Å². The molecule has 0 saturated carbocycles. The highest BCUT2D eigenvalue weighted by Crippen LogP contribution is 2.32. The van der Waals surface area contributed by atoms with Crippen molar-refractivity contribution < 1.29 is 14.7 Å². The van der Waals surface area contributed by atoms with Crippen LogP contribution in [0.15, 0.2) is 36.4 Å². The molecule has 2 aromatic carbocycles. The maximum Gasteiger partial charge on any atom is 0.254 e. The highest BCUT2D eigenvalue weighted by molar-refractivity contribution is 9.09. The number of nitrogens with zero attached hydrogens (tertiary/aromatic N) is 2. The highest BCUT2D eigenvalue weighted by atomic mass is 79.9. The number of amides is 2. The molecule has 5 nitrogen and oxygen atoms in total. The molecular formula is C21H22BrClN2O3. The van der Waals surface area contributed by atoms with Gasteiger partial charge in [-0.25, -0.2) is 0 Å². The molecule has 0 bridgehead atoms. The lowest BCUT2D eigenvalue weighted by atomic mass is 10.0. The largest absolute Gasteiger partial charge is 0.506 e. The second-order valence-electron chi connectivity index (χ2n) is 7.07. The summed E-state index contributed by atoms with van der Waals surface area (Å²) in [5.41, 5.74) is 3.47. The van der Waals surface area contributed by atoms with Gasteiger partial charge in [0.1, 0.15) is 5.75 Å². The zero-order valence-electron chi connectivity index (χ0n) is 15.8. The summed E-state index contributed by atoms with van der Waals surface area (Å²) in [6, 6.07) is 10.4. The number of alkyl halides is 1. The summed E-state index contributed by atoms with van der Waals surface area (Å²) >= 11 is 9.16. The molecule has 1 fully saturated rings. The van der Waals surface area contributed by atoms with E-state index in [9.17, 15) is 14.7 Å². The van der Waals surface area contributed by atoms with Crippen LogP contribution in [-0.4, -0.2) is 51.7 Å². The molecule has 0 aliphatic carbocycles. The number of phenols is 1. The Bertz CT molecular complexity index is 898. The Hall–Kier alpha value is -2.05. The van der Waals surface area contributed by atoms with Crippen LogP contribution in [0.5, 0.6) is 5.75 Å². The van der Waals surface area contributed by atoms with Crippen molar-refractivity contribution in [3.63, 3.8) is 0 Å². The van der Waals surface area contributed by atoms with Gasteiger partial charge in [0.25, 0.3) is 5.91 Å². The van der Waals surface area contributed by atoms with Crippen LogP contribution in [0.4, 0.5) is 0 Å². The molecule has 1 N–H and O–H groups in total. The lowest BCUT2D eigenvalue weighted by Gasteiger charge is -2.41. The molecule has 3 rings (SSSR count). The fourth-order valence-corrected chi connectivity index (χ4v) is 4.09.